The molecule has 138 valence electrons. The molecule has 0 saturated heterocycles. The van der Waals surface area contributed by atoms with E-state index < -0.39 is 39.0 Å². The Morgan fingerprint density at radius 1 is 0.833 bits per heavy atom. The van der Waals surface area contributed by atoms with Crippen molar-refractivity contribution in [2.24, 2.45) is 0 Å². The van der Waals surface area contributed by atoms with Gasteiger partial charge in [0.1, 0.15) is 10.8 Å². The number of hydrogen-bond donors (Lipinski definition) is 1. The summed E-state index contributed by atoms with van der Waals surface area (Å²) < 4.78 is 126. The number of hydrogen-bond acceptors (Lipinski definition) is 2. The summed E-state index contributed by atoms with van der Waals surface area (Å²) in [5.41, 5.74) is 5.24. The summed E-state index contributed by atoms with van der Waals surface area (Å²) in [4.78, 5) is -1.15. The van der Waals surface area contributed by atoms with Gasteiger partial charge in [-0.05, 0) is 44.0 Å². The van der Waals surface area contributed by atoms with Gasteiger partial charge in [0.25, 0.3) is 0 Å². The fourth-order valence-corrected chi connectivity index (χ4v) is 3.89. The van der Waals surface area contributed by atoms with Crippen LogP contribution in [0.15, 0.2) is 26.0 Å². The van der Waals surface area contributed by atoms with Crippen molar-refractivity contribution in [3.05, 3.63) is 21.1 Å². The van der Waals surface area contributed by atoms with Gasteiger partial charge in [0, 0.05) is 13.8 Å². The van der Waals surface area contributed by atoms with E-state index >= 15 is 0 Å². The highest BCUT2D eigenvalue weighted by molar-refractivity contribution is 9.11. The van der Waals surface area contributed by atoms with E-state index in [0.717, 1.165) is 0 Å². The van der Waals surface area contributed by atoms with Crippen LogP contribution in [0.4, 0.5) is 45.2 Å². The van der Waals surface area contributed by atoms with Gasteiger partial charge >= 0.3 is 23.3 Å². The second-order valence-electron chi connectivity index (χ2n) is 4.23. The van der Waals surface area contributed by atoms with Crippen LogP contribution >= 0.6 is 31.9 Å². The summed E-state index contributed by atoms with van der Waals surface area (Å²) in [5.74, 6) is -14.1. The highest BCUT2D eigenvalue weighted by Gasteiger charge is 2.83. The molecule has 0 aliphatic heterocycles. The maximum absolute atomic E-state index is 13.6. The fourth-order valence-electron chi connectivity index (χ4n) is 1.29. The molecule has 0 aliphatic carbocycles. The fraction of sp³-hybridized carbons (Fsp3) is 0.400. The summed E-state index contributed by atoms with van der Waals surface area (Å²) in [6, 6.07) is 1.07. The first-order valence-corrected chi connectivity index (χ1v) is 8.08. The van der Waals surface area contributed by atoms with E-state index in [-0.39, 0.29) is 14.6 Å². The minimum Gasteiger partial charge on any atom is -0.397 e. The zero-order chi connectivity index (χ0) is 19.3. The Balaban J connectivity index is 3.45. The first-order valence-electron chi connectivity index (χ1n) is 5.35. The minimum absolute atomic E-state index is 0.133. The molecule has 0 aliphatic rings. The molecular formula is C10H4Br2F9NOS. The lowest BCUT2D eigenvalue weighted by Gasteiger charge is -2.32. The zero-order valence-electron chi connectivity index (χ0n) is 10.7. The number of benzene rings is 1. The van der Waals surface area contributed by atoms with Crippen LogP contribution in [-0.4, -0.2) is 27.5 Å². The van der Waals surface area contributed by atoms with Crippen LogP contribution in [0.3, 0.4) is 0 Å². The lowest BCUT2D eigenvalue weighted by atomic mass is 10.1. The molecule has 0 spiro atoms. The number of halogens is 11. The van der Waals surface area contributed by atoms with Crippen molar-refractivity contribution in [3.8, 4) is 0 Å². The molecule has 0 amide bonds. The first kappa shape index (κ1) is 21.5. The Bertz CT molecular complexity index is 654. The van der Waals surface area contributed by atoms with Crippen molar-refractivity contribution in [1.29, 1.82) is 0 Å². The molecule has 2 nitrogen and oxygen atoms in total. The largest absolute Gasteiger partial charge is 0.460 e. The van der Waals surface area contributed by atoms with Gasteiger partial charge in [0.05, 0.1) is 5.69 Å². The van der Waals surface area contributed by atoms with Gasteiger partial charge in [-0.25, -0.2) is 4.21 Å². The van der Waals surface area contributed by atoms with Gasteiger partial charge in [-0.1, -0.05) is 0 Å². The molecule has 1 atom stereocenters. The summed E-state index contributed by atoms with van der Waals surface area (Å²) in [5, 5.41) is -6.24. The van der Waals surface area contributed by atoms with Crippen LogP contribution in [0.2, 0.25) is 0 Å². The lowest BCUT2D eigenvalue weighted by molar-refractivity contribution is -0.381. The van der Waals surface area contributed by atoms with Gasteiger partial charge in [-0.15, -0.1) is 0 Å². The monoisotopic (exact) mass is 515 g/mol. The molecule has 0 saturated carbocycles. The van der Waals surface area contributed by atoms with Crippen LogP contribution in [0.1, 0.15) is 0 Å². The van der Waals surface area contributed by atoms with E-state index in [4.69, 9.17) is 5.73 Å². The topological polar surface area (TPSA) is 43.1 Å². The van der Waals surface area contributed by atoms with Crippen LogP contribution in [0.5, 0.6) is 0 Å². The van der Waals surface area contributed by atoms with Gasteiger partial charge in [0.2, 0.25) is 0 Å². The number of anilines is 1. The summed E-state index contributed by atoms with van der Waals surface area (Å²) in [7, 11) is -4.25. The third-order valence-corrected chi connectivity index (χ3v) is 5.31. The average molecular weight is 517 g/mol. The van der Waals surface area contributed by atoms with Crippen molar-refractivity contribution in [2.75, 3.05) is 5.73 Å². The Hall–Kier alpha value is -0.500. The standard InChI is InChI=1S/C10H4Br2F9NOS/c11-4-1-3(2-5(12)6(4)22)24(23)10(20,21)8(15,16)7(13,14)9(17,18)19/h1-2H,22H2. The smallest absolute Gasteiger partial charge is 0.397 e. The molecule has 2 N–H and O–H groups in total. The van der Waals surface area contributed by atoms with Crippen molar-refractivity contribution in [2.45, 2.75) is 28.2 Å². The molecule has 24 heavy (non-hydrogen) atoms. The normalized spacial score (nSPS) is 15.5. The maximum atomic E-state index is 13.6. The second-order valence-corrected chi connectivity index (χ2v) is 7.46. The van der Waals surface area contributed by atoms with Gasteiger partial charge in [-0.2, -0.15) is 39.5 Å². The summed E-state index contributed by atoms with van der Waals surface area (Å²) >= 11 is 5.41. The number of nitrogens with two attached hydrogens (primary N) is 1. The Morgan fingerprint density at radius 2 is 1.21 bits per heavy atom. The van der Waals surface area contributed by atoms with Crippen molar-refractivity contribution >= 4 is 48.3 Å². The molecule has 0 aromatic heterocycles. The van der Waals surface area contributed by atoms with E-state index in [9.17, 15) is 43.7 Å². The average Bonchev–Trinajstić information content (AvgIpc) is 2.41. The van der Waals surface area contributed by atoms with E-state index in [0.29, 0.717) is 12.1 Å². The number of alkyl halides is 9. The van der Waals surface area contributed by atoms with Crippen LogP contribution in [0.25, 0.3) is 0 Å². The first-order chi connectivity index (χ1) is 10.5. The third kappa shape index (κ3) is 3.28. The molecule has 1 aromatic carbocycles. The van der Waals surface area contributed by atoms with E-state index in [1.807, 2.05) is 0 Å². The highest BCUT2D eigenvalue weighted by atomic mass is 79.9. The lowest BCUT2D eigenvalue weighted by Crippen LogP contribution is -2.62. The Morgan fingerprint density at radius 3 is 1.54 bits per heavy atom. The molecule has 1 aromatic rings. The number of rotatable bonds is 4. The molecule has 1 unspecified atom stereocenters. The maximum Gasteiger partial charge on any atom is 0.460 e. The van der Waals surface area contributed by atoms with Crippen LogP contribution in [0, 0.1) is 0 Å². The van der Waals surface area contributed by atoms with E-state index in [2.05, 4.69) is 31.9 Å². The summed E-state index contributed by atoms with van der Waals surface area (Å²) in [6.45, 7) is 0. The Labute approximate surface area is 147 Å². The molecule has 0 fully saturated rings. The molecule has 1 rings (SSSR count). The third-order valence-electron chi connectivity index (χ3n) is 2.62. The second kappa shape index (κ2) is 6.34. The highest BCUT2D eigenvalue weighted by Crippen LogP contribution is 2.55. The SMILES string of the molecule is Nc1c(Br)cc(S(=O)C(F)(F)C(F)(F)C(F)(F)C(F)(F)F)cc1Br. The molecule has 0 bridgehead atoms. The van der Waals surface area contributed by atoms with Crippen LogP contribution < -0.4 is 5.73 Å². The van der Waals surface area contributed by atoms with Crippen molar-refractivity contribution in [3.63, 3.8) is 0 Å². The molecule has 0 heterocycles. The molecule has 0 radical (unpaired) electrons. The van der Waals surface area contributed by atoms with E-state index in [1.54, 1.807) is 0 Å². The number of nitrogen functional groups attached to an aromatic ring is 1. The predicted octanol–water partition coefficient (Wildman–Crippen LogP) is 5.33. The molecule has 14 heteroatoms. The van der Waals surface area contributed by atoms with E-state index in [1.165, 1.54) is 0 Å². The molecular weight excluding hydrogens is 513 g/mol. The van der Waals surface area contributed by atoms with Crippen molar-refractivity contribution in [1.82, 2.24) is 0 Å². The van der Waals surface area contributed by atoms with Crippen molar-refractivity contribution < 1.29 is 43.7 Å². The quantitative estimate of drug-likeness (QED) is 0.434. The van der Waals surface area contributed by atoms with Gasteiger partial charge < -0.3 is 5.73 Å². The van der Waals surface area contributed by atoms with Gasteiger partial charge in [0.15, 0.2) is 0 Å². The van der Waals surface area contributed by atoms with Crippen LogP contribution in [-0.2, 0) is 10.8 Å². The van der Waals surface area contributed by atoms with Gasteiger partial charge in [-0.3, -0.25) is 0 Å². The Kier molecular flexibility index (Phi) is 5.69. The zero-order valence-corrected chi connectivity index (χ0v) is 14.7. The predicted molar refractivity (Wildman–Crippen MR) is 73.6 cm³/mol. The minimum atomic E-state index is -7.11. The summed E-state index contributed by atoms with van der Waals surface area (Å²) in [6.07, 6.45) is -6.98.